The van der Waals surface area contributed by atoms with Crippen LogP contribution >= 0.6 is 0 Å². The van der Waals surface area contributed by atoms with E-state index in [9.17, 15) is 14.4 Å². The summed E-state index contributed by atoms with van der Waals surface area (Å²) in [6.45, 7) is 1.98. The minimum atomic E-state index is -0.529. The third kappa shape index (κ3) is 3.84. The minimum absolute atomic E-state index is 0.0751. The molecule has 0 aliphatic rings. The molecule has 2 aromatic heterocycles. The highest BCUT2D eigenvalue weighted by molar-refractivity contribution is 6.03. The van der Waals surface area contributed by atoms with E-state index in [1.807, 2.05) is 6.92 Å². The van der Waals surface area contributed by atoms with Gasteiger partial charge >= 0.3 is 5.69 Å². The highest BCUT2D eigenvalue weighted by Crippen LogP contribution is 2.25. The van der Waals surface area contributed by atoms with Crippen molar-refractivity contribution >= 4 is 33.7 Å². The van der Waals surface area contributed by atoms with Gasteiger partial charge in [-0.05, 0) is 30.7 Å². The van der Waals surface area contributed by atoms with E-state index >= 15 is 0 Å². The smallest absolute Gasteiger partial charge is 0.332 e. The predicted octanol–water partition coefficient (Wildman–Crippen LogP) is 3.36. The van der Waals surface area contributed by atoms with Crippen LogP contribution in [-0.4, -0.2) is 22.2 Å². The number of hydrogen-bond donors (Lipinski definition) is 1. The van der Waals surface area contributed by atoms with Crippen molar-refractivity contribution in [2.45, 2.75) is 32.9 Å². The summed E-state index contributed by atoms with van der Waals surface area (Å²) < 4.78 is 13.4. The highest BCUT2D eigenvalue weighted by atomic mass is 16.5. The van der Waals surface area contributed by atoms with Crippen LogP contribution in [0.1, 0.15) is 19.8 Å². The molecule has 0 fully saturated rings. The summed E-state index contributed by atoms with van der Waals surface area (Å²) in [5, 5.41) is 3.39. The molecule has 0 radical (unpaired) electrons. The topological polar surface area (TPSA) is 95.5 Å². The van der Waals surface area contributed by atoms with E-state index in [2.05, 4.69) is 5.32 Å². The number of ether oxygens (including phenoxy) is 1. The van der Waals surface area contributed by atoms with E-state index in [1.54, 1.807) is 55.6 Å². The van der Waals surface area contributed by atoms with Crippen LogP contribution in [0.4, 0.5) is 5.69 Å². The van der Waals surface area contributed by atoms with Gasteiger partial charge in [0.05, 0.1) is 7.11 Å². The number of hydrogen-bond acceptors (Lipinski definition) is 5. The normalized spacial score (nSPS) is 11.2. The molecular formula is C23H23N3O5. The number of aromatic nitrogens is 2. The molecule has 0 aliphatic carbocycles. The monoisotopic (exact) mass is 421 g/mol. The van der Waals surface area contributed by atoms with Crippen molar-refractivity contribution in [1.82, 2.24) is 9.13 Å². The van der Waals surface area contributed by atoms with Crippen molar-refractivity contribution in [2.24, 2.45) is 0 Å². The van der Waals surface area contributed by atoms with Crippen LogP contribution in [0.2, 0.25) is 0 Å². The molecule has 2 heterocycles. The zero-order valence-corrected chi connectivity index (χ0v) is 17.4. The molecule has 31 heavy (non-hydrogen) atoms. The van der Waals surface area contributed by atoms with Gasteiger partial charge in [0.1, 0.15) is 23.4 Å². The first kappa shape index (κ1) is 20.5. The zero-order chi connectivity index (χ0) is 22.0. The lowest BCUT2D eigenvalue weighted by Crippen LogP contribution is -2.41. The summed E-state index contributed by atoms with van der Waals surface area (Å²) in [7, 11) is 1.54. The maximum atomic E-state index is 13.2. The number of amides is 1. The predicted molar refractivity (Wildman–Crippen MR) is 119 cm³/mol. The number of carbonyl (C=O) groups is 1. The molecule has 0 aliphatic heterocycles. The second-order valence-corrected chi connectivity index (χ2v) is 7.24. The maximum absolute atomic E-state index is 13.2. The second-order valence-electron chi connectivity index (χ2n) is 7.24. The molecular weight excluding hydrogens is 398 g/mol. The van der Waals surface area contributed by atoms with Gasteiger partial charge in [-0.3, -0.25) is 18.7 Å². The van der Waals surface area contributed by atoms with Crippen LogP contribution in [0, 0.1) is 0 Å². The average molecular weight is 421 g/mol. The van der Waals surface area contributed by atoms with E-state index in [-0.39, 0.29) is 18.7 Å². The number of benzene rings is 2. The first-order valence-electron chi connectivity index (χ1n) is 10.1. The molecule has 0 atom stereocenters. The van der Waals surface area contributed by atoms with E-state index in [0.717, 1.165) is 11.0 Å². The van der Waals surface area contributed by atoms with Crippen LogP contribution in [0.3, 0.4) is 0 Å². The third-order valence-electron chi connectivity index (χ3n) is 5.13. The summed E-state index contributed by atoms with van der Waals surface area (Å²) in [5.74, 6) is 0.203. The number of nitrogens with one attached hydrogen (secondary N) is 1. The largest absolute Gasteiger partial charge is 0.497 e. The van der Waals surface area contributed by atoms with Crippen LogP contribution in [-0.2, 0) is 17.9 Å². The minimum Gasteiger partial charge on any atom is -0.497 e. The summed E-state index contributed by atoms with van der Waals surface area (Å²) in [6, 6.07) is 14.0. The fraction of sp³-hybridized carbons (Fsp3) is 0.261. The van der Waals surface area contributed by atoms with Crippen molar-refractivity contribution in [3.8, 4) is 5.75 Å². The summed E-state index contributed by atoms with van der Waals surface area (Å²) in [5.41, 5.74) is 0.437. The Balaban J connectivity index is 1.82. The fourth-order valence-electron chi connectivity index (χ4n) is 3.60. The van der Waals surface area contributed by atoms with E-state index in [4.69, 9.17) is 9.15 Å². The zero-order valence-electron chi connectivity index (χ0n) is 17.4. The molecule has 0 saturated carbocycles. The van der Waals surface area contributed by atoms with E-state index in [0.29, 0.717) is 34.3 Å². The number of anilines is 1. The number of carbonyl (C=O) groups excluding carboxylic acids is 1. The first-order chi connectivity index (χ1) is 15.0. The van der Waals surface area contributed by atoms with Crippen LogP contribution < -0.4 is 21.3 Å². The highest BCUT2D eigenvalue weighted by Gasteiger charge is 2.21. The van der Waals surface area contributed by atoms with Gasteiger partial charge in [-0.2, -0.15) is 0 Å². The lowest BCUT2D eigenvalue weighted by Gasteiger charge is -2.12. The Morgan fingerprint density at radius 2 is 1.90 bits per heavy atom. The molecule has 4 aromatic rings. The van der Waals surface area contributed by atoms with Crippen LogP contribution in [0.15, 0.2) is 62.5 Å². The molecule has 0 unspecified atom stereocenters. The van der Waals surface area contributed by atoms with E-state index in [1.165, 1.54) is 4.57 Å². The Labute approximate surface area is 177 Å². The van der Waals surface area contributed by atoms with Gasteiger partial charge in [0.15, 0.2) is 0 Å². The number of nitrogens with zero attached hydrogens (tertiary/aromatic N) is 2. The Bertz CT molecular complexity index is 1380. The lowest BCUT2D eigenvalue weighted by atomic mass is 10.2. The van der Waals surface area contributed by atoms with Gasteiger partial charge in [0, 0.05) is 23.7 Å². The van der Waals surface area contributed by atoms with Gasteiger partial charge in [-0.25, -0.2) is 4.79 Å². The molecule has 0 bridgehead atoms. The van der Waals surface area contributed by atoms with E-state index < -0.39 is 17.2 Å². The first-order valence-corrected chi connectivity index (χ1v) is 10.1. The Morgan fingerprint density at radius 3 is 2.68 bits per heavy atom. The average Bonchev–Trinajstić information content (AvgIpc) is 3.16. The molecule has 8 heteroatoms. The van der Waals surface area contributed by atoms with Gasteiger partial charge in [0.25, 0.3) is 5.56 Å². The third-order valence-corrected chi connectivity index (χ3v) is 5.13. The van der Waals surface area contributed by atoms with Crippen LogP contribution in [0.25, 0.3) is 22.1 Å². The van der Waals surface area contributed by atoms with Crippen molar-refractivity contribution in [2.75, 3.05) is 12.4 Å². The Kier molecular flexibility index (Phi) is 5.62. The summed E-state index contributed by atoms with van der Waals surface area (Å²) >= 11 is 0. The Morgan fingerprint density at radius 1 is 1.10 bits per heavy atom. The van der Waals surface area contributed by atoms with Crippen molar-refractivity contribution in [3.05, 3.63) is 69.4 Å². The molecule has 0 spiro atoms. The molecule has 4 rings (SSSR count). The number of methoxy groups -OCH3 is 1. The summed E-state index contributed by atoms with van der Waals surface area (Å²) in [6.07, 6.45) is 1.48. The van der Waals surface area contributed by atoms with Crippen molar-refractivity contribution in [1.29, 1.82) is 0 Å². The molecule has 2 aromatic carbocycles. The summed E-state index contributed by atoms with van der Waals surface area (Å²) in [4.78, 5) is 39.0. The molecule has 160 valence electrons. The molecule has 0 saturated heterocycles. The van der Waals surface area contributed by atoms with Crippen molar-refractivity contribution in [3.63, 3.8) is 0 Å². The quantitative estimate of drug-likeness (QED) is 0.494. The molecule has 1 N–H and O–H groups in total. The van der Waals surface area contributed by atoms with Gasteiger partial charge in [0.2, 0.25) is 11.5 Å². The van der Waals surface area contributed by atoms with Gasteiger partial charge in [-0.1, -0.05) is 31.5 Å². The number of rotatable bonds is 7. The standard InChI is InChI=1S/C23H23N3O5/c1-3-4-12-25-22(28)21-20(17-10-5-6-11-18(17)31-21)26(23(25)29)14-19(27)24-15-8-7-9-16(13-15)30-2/h5-11,13H,3-4,12,14H2,1-2H3,(H,24,27). The van der Waals surface area contributed by atoms with Crippen LogP contribution in [0.5, 0.6) is 5.75 Å². The van der Waals surface area contributed by atoms with Crippen molar-refractivity contribution < 1.29 is 13.9 Å². The fourth-order valence-corrected chi connectivity index (χ4v) is 3.60. The lowest BCUT2D eigenvalue weighted by molar-refractivity contribution is -0.116. The van der Waals surface area contributed by atoms with Gasteiger partial charge in [-0.15, -0.1) is 0 Å². The van der Waals surface area contributed by atoms with Gasteiger partial charge < -0.3 is 14.5 Å². The Hall–Kier alpha value is -3.81. The number of fused-ring (bicyclic) bond motifs is 3. The number of para-hydroxylation sites is 1. The molecule has 1 amide bonds. The SMILES string of the molecule is CCCCn1c(=O)c2oc3ccccc3c2n(CC(=O)Nc2cccc(OC)c2)c1=O. The number of furan rings is 1. The second kappa shape index (κ2) is 8.51. The number of unbranched alkanes of at least 4 members (excludes halogenated alkanes) is 1. The maximum Gasteiger partial charge on any atom is 0.332 e. The molecule has 8 nitrogen and oxygen atoms in total.